The maximum absolute atomic E-state index is 11.1. The average Bonchev–Trinajstić information content (AvgIpc) is 2.48. The van der Waals surface area contributed by atoms with E-state index in [0.717, 1.165) is 17.5 Å². The van der Waals surface area contributed by atoms with Gasteiger partial charge in [0.1, 0.15) is 6.61 Å². The lowest BCUT2D eigenvalue weighted by Crippen LogP contribution is -1.94. The molecule has 1 aliphatic heterocycles. The minimum absolute atomic E-state index is 0.180. The van der Waals surface area contributed by atoms with E-state index < -0.39 is 0 Å². The lowest BCUT2D eigenvalue weighted by atomic mass is 10.0. The lowest BCUT2D eigenvalue weighted by molar-refractivity contribution is 0.0535. The Balaban J connectivity index is 2.58. The van der Waals surface area contributed by atoms with Crippen molar-refractivity contribution in [2.45, 2.75) is 20.0 Å². The van der Waals surface area contributed by atoms with Gasteiger partial charge in [-0.3, -0.25) is 0 Å². The van der Waals surface area contributed by atoms with Gasteiger partial charge in [-0.05, 0) is 18.1 Å². The normalized spacial score (nSPS) is 14.2. The highest BCUT2D eigenvalue weighted by Crippen LogP contribution is 2.23. The number of hydrogen-bond donors (Lipinski definition) is 0. The van der Waals surface area contributed by atoms with E-state index in [9.17, 15) is 4.79 Å². The highest BCUT2D eigenvalue weighted by Gasteiger charge is 2.22. The molecule has 0 spiro atoms. The maximum atomic E-state index is 11.1. The molecule has 0 radical (unpaired) electrons. The molecule has 0 unspecified atom stereocenters. The molecule has 1 aromatic carbocycles. The van der Waals surface area contributed by atoms with Crippen molar-refractivity contribution in [2.24, 2.45) is 0 Å². The molecule has 0 aliphatic carbocycles. The van der Waals surface area contributed by atoms with Crippen molar-refractivity contribution < 1.29 is 9.53 Å². The van der Waals surface area contributed by atoms with Crippen molar-refractivity contribution in [3.63, 3.8) is 0 Å². The van der Waals surface area contributed by atoms with Gasteiger partial charge in [0.2, 0.25) is 0 Å². The van der Waals surface area contributed by atoms with Crippen molar-refractivity contribution in [3.05, 3.63) is 34.9 Å². The summed E-state index contributed by atoms with van der Waals surface area (Å²) in [7, 11) is 0. The van der Waals surface area contributed by atoms with Crippen LogP contribution in [0.3, 0.4) is 0 Å². The smallest absolute Gasteiger partial charge is 0.338 e. The molecule has 0 fully saturated rings. The average molecular weight is 162 g/mol. The molecule has 1 aliphatic rings. The largest absolute Gasteiger partial charge is 0.457 e. The third-order valence-electron chi connectivity index (χ3n) is 2.22. The Hall–Kier alpha value is -1.31. The van der Waals surface area contributed by atoms with Crippen molar-refractivity contribution in [3.8, 4) is 0 Å². The molecule has 1 aromatic rings. The van der Waals surface area contributed by atoms with Gasteiger partial charge in [0.05, 0.1) is 5.56 Å². The van der Waals surface area contributed by atoms with Gasteiger partial charge in [-0.15, -0.1) is 0 Å². The Morgan fingerprint density at radius 3 is 3.08 bits per heavy atom. The molecule has 0 N–H and O–H groups in total. The molecule has 0 saturated carbocycles. The van der Waals surface area contributed by atoms with Gasteiger partial charge >= 0.3 is 5.97 Å². The molecule has 12 heavy (non-hydrogen) atoms. The van der Waals surface area contributed by atoms with Crippen molar-refractivity contribution in [2.75, 3.05) is 0 Å². The summed E-state index contributed by atoms with van der Waals surface area (Å²) in [6.07, 6.45) is 0.958. The van der Waals surface area contributed by atoms with Crippen LogP contribution >= 0.6 is 0 Å². The Labute approximate surface area is 71.2 Å². The number of fused-ring (bicyclic) bond motifs is 1. The van der Waals surface area contributed by atoms with Gasteiger partial charge in [-0.2, -0.15) is 0 Å². The number of rotatable bonds is 1. The molecule has 1 heterocycles. The Morgan fingerprint density at radius 1 is 1.50 bits per heavy atom. The number of cyclic esters (lactones) is 1. The van der Waals surface area contributed by atoms with E-state index in [2.05, 4.69) is 6.92 Å². The Bertz CT molecular complexity index is 329. The van der Waals surface area contributed by atoms with E-state index in [1.54, 1.807) is 0 Å². The maximum Gasteiger partial charge on any atom is 0.338 e. The number of esters is 1. The summed E-state index contributed by atoms with van der Waals surface area (Å²) in [6, 6.07) is 5.77. The molecule has 0 bridgehead atoms. The summed E-state index contributed by atoms with van der Waals surface area (Å²) in [5.74, 6) is -0.180. The topological polar surface area (TPSA) is 26.3 Å². The van der Waals surface area contributed by atoms with Gasteiger partial charge in [-0.1, -0.05) is 19.1 Å². The number of ether oxygens (including phenoxy) is 1. The highest BCUT2D eigenvalue weighted by atomic mass is 16.5. The van der Waals surface area contributed by atoms with E-state index in [-0.39, 0.29) is 5.97 Å². The van der Waals surface area contributed by atoms with Gasteiger partial charge in [0.15, 0.2) is 0 Å². The van der Waals surface area contributed by atoms with Crippen LogP contribution in [0.15, 0.2) is 18.2 Å². The number of aryl methyl sites for hydroxylation is 1. The molecular formula is C10H10O2. The van der Waals surface area contributed by atoms with Crippen molar-refractivity contribution in [1.29, 1.82) is 0 Å². The molecule has 2 heteroatoms. The van der Waals surface area contributed by atoms with Gasteiger partial charge in [0.25, 0.3) is 0 Å². The predicted octanol–water partition coefficient (Wildman–Crippen LogP) is 1.92. The first-order valence-electron chi connectivity index (χ1n) is 4.11. The van der Waals surface area contributed by atoms with Gasteiger partial charge in [-0.25, -0.2) is 4.79 Å². The van der Waals surface area contributed by atoms with Crippen LogP contribution in [-0.2, 0) is 17.8 Å². The summed E-state index contributed by atoms with van der Waals surface area (Å²) in [5, 5.41) is 0. The fourth-order valence-corrected chi connectivity index (χ4v) is 1.54. The summed E-state index contributed by atoms with van der Waals surface area (Å²) in [6.45, 7) is 2.54. The summed E-state index contributed by atoms with van der Waals surface area (Å²) in [5.41, 5.74) is 3.04. The number of carbonyl (C=O) groups is 1. The molecule has 0 aromatic heterocycles. The Morgan fingerprint density at radius 2 is 2.33 bits per heavy atom. The molecular weight excluding hydrogens is 152 g/mol. The van der Waals surface area contributed by atoms with Crippen LogP contribution in [0.1, 0.15) is 28.4 Å². The zero-order valence-electron chi connectivity index (χ0n) is 6.96. The van der Waals surface area contributed by atoms with Crippen LogP contribution in [-0.4, -0.2) is 5.97 Å². The SMILES string of the molecule is CCc1cccc2c1COC2=O. The van der Waals surface area contributed by atoms with Crippen LogP contribution in [0.5, 0.6) is 0 Å². The minimum atomic E-state index is -0.180. The quantitative estimate of drug-likeness (QED) is 0.590. The van der Waals surface area contributed by atoms with E-state index in [1.807, 2.05) is 18.2 Å². The highest BCUT2D eigenvalue weighted by molar-refractivity contribution is 5.93. The van der Waals surface area contributed by atoms with Crippen LogP contribution in [0.25, 0.3) is 0 Å². The standard InChI is InChI=1S/C10H10O2/c1-2-7-4-3-5-8-9(7)6-12-10(8)11/h3-5H,2,6H2,1H3. The third-order valence-corrected chi connectivity index (χ3v) is 2.22. The van der Waals surface area contributed by atoms with E-state index in [1.165, 1.54) is 5.56 Å². The lowest BCUT2D eigenvalue weighted by Gasteiger charge is -2.00. The van der Waals surface area contributed by atoms with E-state index >= 15 is 0 Å². The minimum Gasteiger partial charge on any atom is -0.457 e. The van der Waals surface area contributed by atoms with Gasteiger partial charge < -0.3 is 4.74 Å². The molecule has 2 nitrogen and oxygen atoms in total. The van der Waals surface area contributed by atoms with E-state index in [0.29, 0.717) is 6.61 Å². The van der Waals surface area contributed by atoms with E-state index in [4.69, 9.17) is 4.74 Å². The first kappa shape index (κ1) is 7.35. The molecule has 2 rings (SSSR count). The first-order chi connectivity index (χ1) is 5.83. The third kappa shape index (κ3) is 0.916. The van der Waals surface area contributed by atoms with Crippen molar-refractivity contribution >= 4 is 5.97 Å². The van der Waals surface area contributed by atoms with Crippen LogP contribution in [0, 0.1) is 0 Å². The van der Waals surface area contributed by atoms with Crippen LogP contribution in [0.4, 0.5) is 0 Å². The molecule has 0 amide bonds. The zero-order chi connectivity index (χ0) is 8.55. The molecule has 0 atom stereocenters. The second kappa shape index (κ2) is 2.63. The van der Waals surface area contributed by atoms with Crippen molar-refractivity contribution in [1.82, 2.24) is 0 Å². The monoisotopic (exact) mass is 162 g/mol. The molecule has 62 valence electrons. The number of hydrogen-bond acceptors (Lipinski definition) is 2. The van der Waals surface area contributed by atoms with Crippen LogP contribution in [0.2, 0.25) is 0 Å². The molecule has 0 saturated heterocycles. The first-order valence-corrected chi connectivity index (χ1v) is 4.11. The number of benzene rings is 1. The number of carbonyl (C=O) groups excluding carboxylic acids is 1. The summed E-state index contributed by atoms with van der Waals surface area (Å²) < 4.78 is 4.93. The summed E-state index contributed by atoms with van der Waals surface area (Å²) >= 11 is 0. The van der Waals surface area contributed by atoms with Gasteiger partial charge in [0, 0.05) is 5.56 Å². The summed E-state index contributed by atoms with van der Waals surface area (Å²) in [4.78, 5) is 11.1. The zero-order valence-corrected chi connectivity index (χ0v) is 6.96. The van der Waals surface area contributed by atoms with Crippen LogP contribution < -0.4 is 0 Å². The predicted molar refractivity (Wildman–Crippen MR) is 44.9 cm³/mol. The Kier molecular flexibility index (Phi) is 1.61. The second-order valence-electron chi connectivity index (χ2n) is 2.87. The fraction of sp³-hybridized carbons (Fsp3) is 0.300. The fourth-order valence-electron chi connectivity index (χ4n) is 1.54. The second-order valence-corrected chi connectivity index (χ2v) is 2.87.